The fraction of sp³-hybridized carbons (Fsp3) is 0.333. The Labute approximate surface area is 126 Å². The van der Waals surface area contributed by atoms with Gasteiger partial charge in [0, 0.05) is 11.0 Å². The highest BCUT2D eigenvalue weighted by Gasteiger charge is 2.30. The van der Waals surface area contributed by atoms with Crippen LogP contribution < -0.4 is 0 Å². The molecule has 0 aliphatic rings. The van der Waals surface area contributed by atoms with E-state index in [2.05, 4.69) is 4.98 Å². The lowest BCUT2D eigenvalue weighted by atomic mass is 9.91. The zero-order valence-corrected chi connectivity index (χ0v) is 12.9. The molecular weight excluding hydrogens is 297 g/mol. The first-order valence-corrected chi connectivity index (χ1v) is 6.67. The van der Waals surface area contributed by atoms with Crippen LogP contribution in [0.15, 0.2) is 22.6 Å². The van der Waals surface area contributed by atoms with Crippen LogP contribution in [0.4, 0.5) is 4.39 Å². The molecule has 112 valence electrons. The summed E-state index contributed by atoms with van der Waals surface area (Å²) in [4.78, 5) is 16.1. The summed E-state index contributed by atoms with van der Waals surface area (Å²) in [6, 6.07) is 4.19. The molecule has 0 aliphatic carbocycles. The Balaban J connectivity index is 2.58. The van der Waals surface area contributed by atoms with E-state index in [4.69, 9.17) is 20.8 Å². The summed E-state index contributed by atoms with van der Waals surface area (Å²) in [6.07, 6.45) is 0. The Morgan fingerprint density at radius 1 is 1.38 bits per heavy atom. The molecule has 6 heteroatoms. The maximum absolute atomic E-state index is 13.5. The van der Waals surface area contributed by atoms with Crippen molar-refractivity contribution in [1.29, 1.82) is 0 Å². The van der Waals surface area contributed by atoms with Crippen LogP contribution in [0.3, 0.4) is 0 Å². The summed E-state index contributed by atoms with van der Waals surface area (Å²) < 4.78 is 23.7. The van der Waals surface area contributed by atoms with E-state index in [1.807, 2.05) is 20.8 Å². The zero-order valence-electron chi connectivity index (χ0n) is 12.2. The minimum absolute atomic E-state index is 0.00884. The lowest BCUT2D eigenvalue weighted by Crippen LogP contribution is -2.17. The van der Waals surface area contributed by atoms with Crippen molar-refractivity contribution in [2.75, 3.05) is 7.11 Å². The summed E-state index contributed by atoms with van der Waals surface area (Å²) in [5, 5.41) is 0.00884. The number of hydrogen-bond donors (Lipinski definition) is 0. The smallest absolute Gasteiger partial charge is 0.376 e. The van der Waals surface area contributed by atoms with Crippen molar-refractivity contribution in [2.45, 2.75) is 26.2 Å². The van der Waals surface area contributed by atoms with Crippen LogP contribution in [0.2, 0.25) is 5.02 Å². The lowest BCUT2D eigenvalue weighted by Gasteiger charge is -2.15. The van der Waals surface area contributed by atoms with E-state index in [-0.39, 0.29) is 16.7 Å². The number of ether oxygens (including phenoxy) is 1. The highest BCUT2D eigenvalue weighted by molar-refractivity contribution is 6.30. The molecule has 1 aromatic heterocycles. The molecule has 0 aliphatic heterocycles. The number of benzene rings is 1. The van der Waals surface area contributed by atoms with Gasteiger partial charge in [0.25, 0.3) is 0 Å². The van der Waals surface area contributed by atoms with Gasteiger partial charge in [-0.15, -0.1) is 0 Å². The topological polar surface area (TPSA) is 52.3 Å². The van der Waals surface area contributed by atoms with Gasteiger partial charge in [0.1, 0.15) is 11.5 Å². The van der Waals surface area contributed by atoms with Crippen molar-refractivity contribution in [2.24, 2.45) is 0 Å². The van der Waals surface area contributed by atoms with Crippen LogP contribution in [0.25, 0.3) is 11.5 Å². The second-order valence-electron chi connectivity index (χ2n) is 5.57. The third kappa shape index (κ3) is 3.08. The number of esters is 1. The summed E-state index contributed by atoms with van der Waals surface area (Å²) in [6.45, 7) is 5.68. The number of oxazole rings is 1. The number of halogens is 2. The molecule has 0 spiro atoms. The van der Waals surface area contributed by atoms with Gasteiger partial charge in [0.05, 0.1) is 12.1 Å². The first kappa shape index (κ1) is 15.5. The molecule has 1 aromatic carbocycles. The number of carbonyl (C=O) groups excluding carboxylic acids is 1. The molecule has 2 rings (SSSR count). The van der Waals surface area contributed by atoms with Gasteiger partial charge in [0.15, 0.2) is 0 Å². The minimum atomic E-state index is -0.617. The number of rotatable bonds is 2. The third-order valence-corrected chi connectivity index (χ3v) is 3.18. The maximum Gasteiger partial charge on any atom is 0.376 e. The molecule has 21 heavy (non-hydrogen) atoms. The van der Waals surface area contributed by atoms with E-state index in [1.165, 1.54) is 19.2 Å². The number of carbonyl (C=O) groups is 1. The fourth-order valence-electron chi connectivity index (χ4n) is 1.81. The monoisotopic (exact) mass is 311 g/mol. The third-order valence-electron chi connectivity index (χ3n) is 2.87. The van der Waals surface area contributed by atoms with Gasteiger partial charge in [-0.1, -0.05) is 32.4 Å². The van der Waals surface area contributed by atoms with Crippen LogP contribution in [-0.2, 0) is 10.2 Å². The van der Waals surface area contributed by atoms with E-state index in [1.54, 1.807) is 6.07 Å². The average Bonchev–Trinajstić information content (AvgIpc) is 2.86. The average molecular weight is 312 g/mol. The Hall–Kier alpha value is -1.88. The number of hydrogen-bond acceptors (Lipinski definition) is 4. The second kappa shape index (κ2) is 5.48. The summed E-state index contributed by atoms with van der Waals surface area (Å²) >= 11 is 5.65. The van der Waals surface area contributed by atoms with Crippen molar-refractivity contribution in [1.82, 2.24) is 4.98 Å². The van der Waals surface area contributed by atoms with Crippen molar-refractivity contribution in [3.63, 3.8) is 0 Å². The highest BCUT2D eigenvalue weighted by atomic mass is 35.5. The van der Waals surface area contributed by atoms with Gasteiger partial charge in [-0.25, -0.2) is 14.2 Å². The predicted octanol–water partition coefficient (Wildman–Crippen LogP) is 4.22. The van der Waals surface area contributed by atoms with Crippen molar-refractivity contribution in [3.8, 4) is 11.5 Å². The van der Waals surface area contributed by atoms with Gasteiger partial charge < -0.3 is 9.15 Å². The van der Waals surface area contributed by atoms with Crippen LogP contribution in [-0.4, -0.2) is 18.1 Å². The van der Waals surface area contributed by atoms with E-state index >= 15 is 0 Å². The van der Waals surface area contributed by atoms with Crippen LogP contribution in [0.1, 0.15) is 37.0 Å². The summed E-state index contributed by atoms with van der Waals surface area (Å²) in [5.41, 5.74) is 0.438. The van der Waals surface area contributed by atoms with E-state index in [9.17, 15) is 9.18 Å². The van der Waals surface area contributed by atoms with Crippen LogP contribution >= 0.6 is 11.6 Å². The minimum Gasteiger partial charge on any atom is -0.463 e. The van der Waals surface area contributed by atoms with Gasteiger partial charge in [-0.3, -0.25) is 0 Å². The second-order valence-corrected chi connectivity index (χ2v) is 5.97. The van der Waals surface area contributed by atoms with Crippen LogP contribution in [0.5, 0.6) is 0 Å². The Morgan fingerprint density at radius 2 is 2.05 bits per heavy atom. The van der Waals surface area contributed by atoms with Crippen molar-refractivity contribution in [3.05, 3.63) is 40.5 Å². The van der Waals surface area contributed by atoms with Crippen LogP contribution in [0, 0.1) is 5.82 Å². The van der Waals surface area contributed by atoms with Gasteiger partial charge in [-0.05, 0) is 18.2 Å². The Kier molecular flexibility index (Phi) is 4.05. The van der Waals surface area contributed by atoms with Gasteiger partial charge in [0.2, 0.25) is 11.7 Å². The SMILES string of the molecule is COC(=O)c1oc(-c2ccc(Cl)c(F)c2)nc1C(C)(C)C. The zero-order chi connectivity index (χ0) is 15.8. The molecule has 0 bridgehead atoms. The molecule has 0 radical (unpaired) electrons. The van der Waals surface area contributed by atoms with E-state index in [0.29, 0.717) is 11.3 Å². The molecule has 0 fully saturated rings. The molecule has 0 atom stereocenters. The number of methoxy groups -OCH3 is 1. The molecular formula is C15H15ClFNO3. The van der Waals surface area contributed by atoms with E-state index < -0.39 is 17.2 Å². The largest absolute Gasteiger partial charge is 0.463 e. The number of nitrogens with zero attached hydrogens (tertiary/aromatic N) is 1. The molecule has 2 aromatic rings. The summed E-state index contributed by atoms with van der Waals surface area (Å²) in [5.74, 6) is -1.02. The number of aromatic nitrogens is 1. The lowest BCUT2D eigenvalue weighted by molar-refractivity contribution is 0.0562. The quantitative estimate of drug-likeness (QED) is 0.779. The molecule has 0 amide bonds. The molecule has 1 heterocycles. The van der Waals surface area contributed by atoms with E-state index in [0.717, 1.165) is 0 Å². The van der Waals surface area contributed by atoms with Gasteiger partial charge in [-0.2, -0.15) is 0 Å². The molecule has 0 N–H and O–H groups in total. The molecule has 0 saturated carbocycles. The van der Waals surface area contributed by atoms with Crippen molar-refractivity contribution < 1.29 is 18.3 Å². The molecule has 4 nitrogen and oxygen atoms in total. The van der Waals surface area contributed by atoms with Crippen molar-refractivity contribution >= 4 is 17.6 Å². The highest BCUT2D eigenvalue weighted by Crippen LogP contribution is 2.31. The predicted molar refractivity (Wildman–Crippen MR) is 76.9 cm³/mol. The first-order chi connectivity index (χ1) is 9.74. The Morgan fingerprint density at radius 3 is 2.57 bits per heavy atom. The fourth-order valence-corrected chi connectivity index (χ4v) is 1.93. The van der Waals surface area contributed by atoms with Gasteiger partial charge >= 0.3 is 5.97 Å². The summed E-state index contributed by atoms with van der Waals surface area (Å²) in [7, 11) is 1.26. The normalized spacial score (nSPS) is 11.5. The molecule has 0 saturated heterocycles. The Bertz CT molecular complexity index is 689. The standard InChI is InChI=1S/C15H15ClFNO3/c1-15(2,3)12-11(14(19)20-4)21-13(18-12)8-5-6-9(16)10(17)7-8/h5-7H,1-4H3. The maximum atomic E-state index is 13.5. The molecule has 0 unspecified atom stereocenters. The first-order valence-electron chi connectivity index (χ1n) is 6.29.